The molecule has 0 radical (unpaired) electrons. The molecule has 0 aliphatic rings. The molecule has 0 heterocycles. The van der Waals surface area contributed by atoms with Crippen molar-refractivity contribution in [3.05, 3.63) is 12.2 Å². The van der Waals surface area contributed by atoms with Crippen LogP contribution in [0.25, 0.3) is 0 Å². The number of unbranched alkanes of at least 4 members (excludes halogenated alkanes) is 2. The summed E-state index contributed by atoms with van der Waals surface area (Å²) in [6.45, 7) is 3.67. The number of carbonyl (C=O) groups is 1. The number of aliphatic imine (C=N–C) groups is 2. The summed E-state index contributed by atoms with van der Waals surface area (Å²) in [5.41, 5.74) is -0.0707. The van der Waals surface area contributed by atoms with Crippen LogP contribution in [0.3, 0.4) is 0 Å². The highest BCUT2D eigenvalue weighted by atomic mass is 16.4. The van der Waals surface area contributed by atoms with Crippen LogP contribution in [0.5, 0.6) is 0 Å². The predicted octanol–water partition coefficient (Wildman–Crippen LogP) is 1.23. The second-order valence-corrected chi connectivity index (χ2v) is 4.56. The van der Waals surface area contributed by atoms with Gasteiger partial charge in [-0.25, -0.2) is 24.4 Å². The van der Waals surface area contributed by atoms with Crippen molar-refractivity contribution in [2.24, 2.45) is 15.9 Å². The van der Waals surface area contributed by atoms with Crippen molar-refractivity contribution < 1.29 is 24.6 Å². The molecule has 0 saturated carbocycles. The summed E-state index contributed by atoms with van der Waals surface area (Å²) in [5.74, 6) is -1.76. The molecule has 0 bridgehead atoms. The number of aliphatic carboxylic acids is 1. The molecule has 0 amide bonds. The fourth-order valence-electron chi connectivity index (χ4n) is 2.09. The minimum atomic E-state index is -1.17. The zero-order valence-corrected chi connectivity index (χ0v) is 11.8. The Kier molecular flexibility index (Phi) is 10.6. The predicted molar refractivity (Wildman–Crippen MR) is 75.3 cm³/mol. The molecule has 0 spiro atoms. The van der Waals surface area contributed by atoms with E-state index in [1.54, 1.807) is 0 Å². The zero-order valence-electron chi connectivity index (χ0n) is 11.8. The van der Waals surface area contributed by atoms with Gasteiger partial charge in [-0.3, -0.25) is 0 Å². The van der Waals surface area contributed by atoms with Gasteiger partial charge in [0.25, 0.3) is 0 Å². The minimum absolute atomic E-state index is 0.0707. The van der Waals surface area contributed by atoms with Crippen molar-refractivity contribution in [2.75, 3.05) is 13.2 Å². The van der Waals surface area contributed by atoms with Crippen molar-refractivity contribution in [2.45, 2.75) is 38.1 Å². The molecule has 0 aliphatic carbocycles. The number of aliphatic hydroxyl groups is 1. The third kappa shape index (κ3) is 7.95. The maximum absolute atomic E-state index is 11.0. The third-order valence-electron chi connectivity index (χ3n) is 3.18. The van der Waals surface area contributed by atoms with Crippen LogP contribution in [0, 0.1) is 5.92 Å². The number of isocyanates is 2. The van der Waals surface area contributed by atoms with Crippen molar-refractivity contribution in [3.63, 3.8) is 0 Å². The van der Waals surface area contributed by atoms with Gasteiger partial charge in [0.1, 0.15) is 0 Å². The average molecular weight is 296 g/mol. The molecule has 0 fully saturated rings. The number of carboxylic acid groups (broad SMARTS) is 1. The lowest BCUT2D eigenvalue weighted by Crippen LogP contribution is -2.25. The first-order valence-electron chi connectivity index (χ1n) is 6.72. The van der Waals surface area contributed by atoms with E-state index in [9.17, 15) is 14.4 Å². The number of carboxylic acids is 1. The Bertz CT molecular complexity index is 437. The average Bonchev–Trinajstić information content (AvgIpc) is 2.46. The van der Waals surface area contributed by atoms with Crippen molar-refractivity contribution in [1.82, 2.24) is 0 Å². The maximum atomic E-state index is 11.0. The van der Waals surface area contributed by atoms with Gasteiger partial charge in [0.15, 0.2) is 0 Å². The first kappa shape index (κ1) is 18.9. The Labute approximate surface area is 123 Å². The molecule has 2 atom stereocenters. The monoisotopic (exact) mass is 296 g/mol. The highest BCUT2D eigenvalue weighted by Crippen LogP contribution is 2.25. The van der Waals surface area contributed by atoms with Crippen LogP contribution in [0.2, 0.25) is 0 Å². The topological polar surface area (TPSA) is 116 Å². The van der Waals surface area contributed by atoms with Gasteiger partial charge in [-0.15, -0.1) is 0 Å². The molecule has 0 aliphatic heterocycles. The van der Waals surface area contributed by atoms with Gasteiger partial charge in [-0.05, 0) is 19.3 Å². The molecule has 21 heavy (non-hydrogen) atoms. The zero-order chi connectivity index (χ0) is 16.1. The van der Waals surface area contributed by atoms with Gasteiger partial charge >= 0.3 is 5.97 Å². The lowest BCUT2D eigenvalue weighted by molar-refractivity contribution is -0.133. The van der Waals surface area contributed by atoms with E-state index in [2.05, 4.69) is 16.6 Å². The van der Waals surface area contributed by atoms with Gasteiger partial charge in [0.05, 0.1) is 12.6 Å². The summed E-state index contributed by atoms with van der Waals surface area (Å²) in [6.07, 6.45) is 5.73. The fourth-order valence-corrected chi connectivity index (χ4v) is 2.09. The lowest BCUT2D eigenvalue weighted by atomic mass is 9.86. The van der Waals surface area contributed by atoms with E-state index in [1.807, 2.05) is 0 Å². The summed E-state index contributed by atoms with van der Waals surface area (Å²) in [5, 5.41) is 18.0. The van der Waals surface area contributed by atoms with Gasteiger partial charge in [0, 0.05) is 18.1 Å². The van der Waals surface area contributed by atoms with E-state index in [0.29, 0.717) is 25.8 Å². The van der Waals surface area contributed by atoms with Crippen molar-refractivity contribution in [1.29, 1.82) is 0 Å². The summed E-state index contributed by atoms with van der Waals surface area (Å²) in [4.78, 5) is 38.5. The normalized spacial score (nSPS) is 12.6. The molecular weight excluding hydrogens is 276 g/mol. The third-order valence-corrected chi connectivity index (χ3v) is 3.18. The Hall–Kier alpha value is -2.07. The number of hydrogen-bond acceptors (Lipinski definition) is 6. The summed E-state index contributed by atoms with van der Waals surface area (Å²) in [6, 6.07) is -0.562. The van der Waals surface area contributed by atoms with Crippen LogP contribution in [0.4, 0.5) is 0 Å². The molecule has 7 nitrogen and oxygen atoms in total. The van der Waals surface area contributed by atoms with E-state index >= 15 is 0 Å². The Morgan fingerprint density at radius 2 is 1.86 bits per heavy atom. The van der Waals surface area contributed by atoms with Gasteiger partial charge in [0.2, 0.25) is 12.2 Å². The molecule has 2 N–H and O–H groups in total. The van der Waals surface area contributed by atoms with E-state index in [1.165, 1.54) is 12.2 Å². The Balaban J connectivity index is 4.59. The number of aliphatic hydroxyl groups excluding tert-OH is 1. The highest BCUT2D eigenvalue weighted by Gasteiger charge is 2.26. The number of rotatable bonds is 12. The molecule has 0 aromatic heterocycles. The van der Waals surface area contributed by atoms with Crippen LogP contribution < -0.4 is 0 Å². The van der Waals surface area contributed by atoms with E-state index in [0.717, 1.165) is 6.42 Å². The van der Waals surface area contributed by atoms with Crippen LogP contribution in [0.1, 0.15) is 32.1 Å². The summed E-state index contributed by atoms with van der Waals surface area (Å²) in [7, 11) is 0. The molecule has 0 aromatic rings. The maximum Gasteiger partial charge on any atom is 0.331 e. The van der Waals surface area contributed by atoms with Gasteiger partial charge in [-0.2, -0.15) is 0 Å². The van der Waals surface area contributed by atoms with Gasteiger partial charge < -0.3 is 10.2 Å². The second-order valence-electron chi connectivity index (χ2n) is 4.56. The summed E-state index contributed by atoms with van der Waals surface area (Å²) < 4.78 is 0. The van der Waals surface area contributed by atoms with Crippen LogP contribution >= 0.6 is 0 Å². The smallest absolute Gasteiger partial charge is 0.331 e. The molecule has 116 valence electrons. The van der Waals surface area contributed by atoms with E-state index in [-0.39, 0.29) is 18.6 Å². The SMILES string of the molecule is C=C(C(=O)O)C(CCO)C(CCCCCN=C=O)N=C=O. The molecule has 7 heteroatoms. The van der Waals surface area contributed by atoms with Crippen LogP contribution in [-0.4, -0.2) is 47.5 Å². The molecular formula is C14H20N2O5. The molecule has 0 saturated heterocycles. The first-order valence-corrected chi connectivity index (χ1v) is 6.72. The number of nitrogens with zero attached hydrogens (tertiary/aromatic N) is 2. The van der Waals surface area contributed by atoms with Crippen LogP contribution in [-0.2, 0) is 14.4 Å². The first-order chi connectivity index (χ1) is 10.1. The van der Waals surface area contributed by atoms with E-state index in [4.69, 9.17) is 10.2 Å². The number of hydrogen-bond donors (Lipinski definition) is 2. The largest absolute Gasteiger partial charge is 0.478 e. The van der Waals surface area contributed by atoms with E-state index < -0.39 is 17.9 Å². The lowest BCUT2D eigenvalue weighted by Gasteiger charge is -2.22. The van der Waals surface area contributed by atoms with Gasteiger partial charge in [-0.1, -0.05) is 19.4 Å². The summed E-state index contributed by atoms with van der Waals surface area (Å²) >= 11 is 0. The highest BCUT2D eigenvalue weighted by molar-refractivity contribution is 5.86. The Morgan fingerprint density at radius 1 is 1.14 bits per heavy atom. The molecule has 0 aromatic carbocycles. The second kappa shape index (κ2) is 11.7. The number of carbonyl (C=O) groups excluding carboxylic acids is 2. The fraction of sp³-hybridized carbons (Fsp3) is 0.643. The molecule has 0 rings (SSSR count). The van der Waals surface area contributed by atoms with Crippen LogP contribution in [0.15, 0.2) is 22.1 Å². The standard InChI is InChI=1S/C14H20N2O5/c1-11(14(20)21)12(6-8-17)13(16-10-19)5-3-2-4-7-15-9-18/h12-13,17H,1-8H2,(H,20,21). The Morgan fingerprint density at radius 3 is 2.38 bits per heavy atom. The van der Waals surface area contributed by atoms with Crippen molar-refractivity contribution in [3.8, 4) is 0 Å². The quantitative estimate of drug-likeness (QED) is 0.243. The molecule has 2 unspecified atom stereocenters. The minimum Gasteiger partial charge on any atom is -0.478 e. The van der Waals surface area contributed by atoms with Crippen molar-refractivity contribution >= 4 is 18.1 Å².